The molecule has 0 fully saturated rings. The molecule has 1 heterocycles. The van der Waals surface area contributed by atoms with Crippen LogP contribution in [-0.2, 0) is 17.6 Å². The second-order valence-corrected chi connectivity index (χ2v) is 5.66. The second-order valence-electron chi connectivity index (χ2n) is 5.66. The van der Waals surface area contributed by atoms with Gasteiger partial charge in [-0.15, -0.1) is 0 Å². The minimum atomic E-state index is -0.930. The van der Waals surface area contributed by atoms with Crippen molar-refractivity contribution in [2.24, 2.45) is 0 Å². The first-order valence-electron chi connectivity index (χ1n) is 7.55. The molecule has 0 amide bonds. The van der Waals surface area contributed by atoms with Crippen LogP contribution in [0, 0.1) is 6.92 Å². The molecule has 0 spiro atoms. The topological polar surface area (TPSA) is 75.1 Å². The van der Waals surface area contributed by atoms with Gasteiger partial charge >= 0.3 is 5.97 Å². The van der Waals surface area contributed by atoms with Crippen LogP contribution in [0.2, 0.25) is 0 Å². The van der Waals surface area contributed by atoms with Crippen LogP contribution >= 0.6 is 0 Å². The first kappa shape index (κ1) is 14.5. The highest BCUT2D eigenvalue weighted by Crippen LogP contribution is 2.27. The van der Waals surface area contributed by atoms with Crippen molar-refractivity contribution in [2.45, 2.75) is 32.6 Å². The van der Waals surface area contributed by atoms with Crippen LogP contribution in [-0.4, -0.2) is 27.6 Å². The van der Waals surface area contributed by atoms with E-state index in [4.69, 9.17) is 5.11 Å². The van der Waals surface area contributed by atoms with Gasteiger partial charge in [0.05, 0.1) is 5.69 Å². The molecule has 0 radical (unpaired) electrons. The molecular weight excluding hydrogens is 278 g/mol. The Bertz CT molecular complexity index is 713. The van der Waals surface area contributed by atoms with E-state index in [1.807, 2.05) is 13.0 Å². The third-order valence-electron chi connectivity index (χ3n) is 3.90. The third-order valence-corrected chi connectivity index (χ3v) is 3.90. The van der Waals surface area contributed by atoms with Crippen molar-refractivity contribution >= 4 is 11.9 Å². The number of aliphatic carboxylic acids is 1. The number of anilines is 1. The molecule has 5 nitrogen and oxygen atoms in total. The number of benzene rings is 1. The lowest BCUT2D eigenvalue weighted by atomic mass is 9.90. The average molecular weight is 297 g/mol. The second kappa shape index (κ2) is 6.13. The Hall–Kier alpha value is -2.43. The number of hydrogen-bond acceptors (Lipinski definition) is 4. The van der Waals surface area contributed by atoms with Gasteiger partial charge in [0.2, 0.25) is 5.95 Å². The number of nitrogens with zero attached hydrogens (tertiary/aromatic N) is 2. The highest BCUT2D eigenvalue weighted by Gasteiger charge is 2.12. The zero-order valence-corrected chi connectivity index (χ0v) is 12.6. The number of nitrogens with one attached hydrogen (secondary N) is 1. The standard InChI is InChI=1S/C17H19N3O2/c1-11-8-15(20-17(19-11)18-10-16(21)22)14-7-6-12-4-2-3-5-13(12)9-14/h6-9H,2-5,10H2,1H3,(H,21,22)(H,18,19,20). The van der Waals surface area contributed by atoms with Crippen molar-refractivity contribution < 1.29 is 9.90 Å². The maximum atomic E-state index is 10.7. The molecule has 1 aromatic heterocycles. The molecule has 114 valence electrons. The van der Waals surface area contributed by atoms with E-state index in [1.54, 1.807) is 0 Å². The molecular formula is C17H19N3O2. The number of hydrogen-bond donors (Lipinski definition) is 2. The predicted molar refractivity (Wildman–Crippen MR) is 85.0 cm³/mol. The summed E-state index contributed by atoms with van der Waals surface area (Å²) in [5.41, 5.74) is 5.54. The number of carboxylic acid groups (broad SMARTS) is 1. The zero-order valence-electron chi connectivity index (χ0n) is 12.6. The molecule has 1 aliphatic carbocycles. The molecule has 0 saturated carbocycles. The highest BCUT2D eigenvalue weighted by molar-refractivity contribution is 5.72. The maximum Gasteiger partial charge on any atom is 0.322 e. The molecule has 2 N–H and O–H groups in total. The summed E-state index contributed by atoms with van der Waals surface area (Å²) in [6.45, 7) is 1.70. The fourth-order valence-corrected chi connectivity index (χ4v) is 2.84. The van der Waals surface area contributed by atoms with Crippen LogP contribution in [0.1, 0.15) is 29.7 Å². The fourth-order valence-electron chi connectivity index (χ4n) is 2.84. The van der Waals surface area contributed by atoms with E-state index in [1.165, 1.54) is 24.0 Å². The van der Waals surface area contributed by atoms with Gasteiger partial charge in [-0.05, 0) is 55.9 Å². The maximum absolute atomic E-state index is 10.7. The molecule has 3 rings (SSSR count). The molecule has 0 atom stereocenters. The van der Waals surface area contributed by atoms with Crippen LogP contribution in [0.4, 0.5) is 5.95 Å². The SMILES string of the molecule is Cc1cc(-c2ccc3c(c2)CCCC3)nc(NCC(=O)O)n1. The number of fused-ring (bicyclic) bond motifs is 1. The van der Waals surface area contributed by atoms with E-state index in [-0.39, 0.29) is 6.54 Å². The summed E-state index contributed by atoms with van der Waals surface area (Å²) in [4.78, 5) is 19.3. The average Bonchev–Trinajstić information content (AvgIpc) is 2.52. The Morgan fingerprint density at radius 3 is 2.73 bits per heavy atom. The first-order chi connectivity index (χ1) is 10.6. The monoisotopic (exact) mass is 297 g/mol. The summed E-state index contributed by atoms with van der Waals surface area (Å²) < 4.78 is 0. The normalized spacial score (nSPS) is 13.5. The van der Waals surface area contributed by atoms with E-state index >= 15 is 0 Å². The van der Waals surface area contributed by atoms with Crippen molar-refractivity contribution in [1.82, 2.24) is 9.97 Å². The van der Waals surface area contributed by atoms with Gasteiger partial charge in [0.1, 0.15) is 6.54 Å². The molecule has 1 aliphatic rings. The fraction of sp³-hybridized carbons (Fsp3) is 0.353. The van der Waals surface area contributed by atoms with E-state index in [0.717, 1.165) is 29.8 Å². The van der Waals surface area contributed by atoms with E-state index in [2.05, 4.69) is 33.5 Å². The molecule has 0 unspecified atom stereocenters. The van der Waals surface area contributed by atoms with Gasteiger partial charge in [-0.3, -0.25) is 4.79 Å². The van der Waals surface area contributed by atoms with Crippen molar-refractivity contribution in [3.63, 3.8) is 0 Å². The third kappa shape index (κ3) is 3.24. The lowest BCUT2D eigenvalue weighted by Crippen LogP contribution is -2.14. The lowest BCUT2D eigenvalue weighted by molar-refractivity contribution is -0.134. The largest absolute Gasteiger partial charge is 0.480 e. The number of rotatable bonds is 4. The number of carbonyl (C=O) groups is 1. The van der Waals surface area contributed by atoms with Crippen molar-refractivity contribution in [1.29, 1.82) is 0 Å². The smallest absolute Gasteiger partial charge is 0.322 e. The lowest BCUT2D eigenvalue weighted by Gasteiger charge is -2.16. The van der Waals surface area contributed by atoms with Gasteiger partial charge in [-0.25, -0.2) is 9.97 Å². The Balaban J connectivity index is 1.92. The van der Waals surface area contributed by atoms with E-state index in [9.17, 15) is 4.79 Å². The van der Waals surface area contributed by atoms with Crippen LogP contribution in [0.3, 0.4) is 0 Å². The molecule has 0 saturated heterocycles. The van der Waals surface area contributed by atoms with Crippen LogP contribution in [0.25, 0.3) is 11.3 Å². The summed E-state index contributed by atoms with van der Waals surface area (Å²) >= 11 is 0. The molecule has 0 bridgehead atoms. The van der Waals surface area contributed by atoms with Gasteiger partial charge in [-0.2, -0.15) is 0 Å². The summed E-state index contributed by atoms with van der Waals surface area (Å²) in [5, 5.41) is 11.5. The van der Waals surface area contributed by atoms with Gasteiger partial charge in [-0.1, -0.05) is 12.1 Å². The van der Waals surface area contributed by atoms with Gasteiger partial charge in [0, 0.05) is 11.3 Å². The van der Waals surface area contributed by atoms with E-state index in [0.29, 0.717) is 5.95 Å². The summed E-state index contributed by atoms with van der Waals surface area (Å²) in [7, 11) is 0. The number of aryl methyl sites for hydroxylation is 3. The zero-order chi connectivity index (χ0) is 15.5. The Morgan fingerprint density at radius 2 is 1.95 bits per heavy atom. The summed E-state index contributed by atoms with van der Waals surface area (Å²) in [5.74, 6) is -0.574. The molecule has 2 aromatic rings. The Labute approximate surface area is 129 Å². The quantitative estimate of drug-likeness (QED) is 0.907. The summed E-state index contributed by atoms with van der Waals surface area (Å²) in [6.07, 6.45) is 4.79. The minimum Gasteiger partial charge on any atom is -0.480 e. The Morgan fingerprint density at radius 1 is 1.18 bits per heavy atom. The van der Waals surface area contributed by atoms with Crippen molar-refractivity contribution in [2.75, 3.05) is 11.9 Å². The number of aromatic nitrogens is 2. The molecule has 0 aliphatic heterocycles. The Kier molecular flexibility index (Phi) is 4.04. The van der Waals surface area contributed by atoms with Gasteiger partial charge in [0.15, 0.2) is 0 Å². The van der Waals surface area contributed by atoms with Crippen LogP contribution in [0.15, 0.2) is 24.3 Å². The molecule has 22 heavy (non-hydrogen) atoms. The van der Waals surface area contributed by atoms with Crippen LogP contribution in [0.5, 0.6) is 0 Å². The van der Waals surface area contributed by atoms with Crippen LogP contribution < -0.4 is 5.32 Å². The van der Waals surface area contributed by atoms with E-state index < -0.39 is 5.97 Å². The molecule has 5 heteroatoms. The predicted octanol–water partition coefficient (Wildman–Crippen LogP) is 2.83. The highest BCUT2D eigenvalue weighted by atomic mass is 16.4. The number of carboxylic acids is 1. The molecule has 1 aromatic carbocycles. The summed E-state index contributed by atoms with van der Waals surface area (Å²) in [6, 6.07) is 8.41. The van der Waals surface area contributed by atoms with Gasteiger partial charge < -0.3 is 10.4 Å². The van der Waals surface area contributed by atoms with Gasteiger partial charge in [0.25, 0.3) is 0 Å². The van der Waals surface area contributed by atoms with Crippen molar-refractivity contribution in [3.8, 4) is 11.3 Å². The first-order valence-corrected chi connectivity index (χ1v) is 7.55. The van der Waals surface area contributed by atoms with Crippen molar-refractivity contribution in [3.05, 3.63) is 41.1 Å². The minimum absolute atomic E-state index is 0.187.